The lowest BCUT2D eigenvalue weighted by Crippen LogP contribution is -2.51. The van der Waals surface area contributed by atoms with Crippen LogP contribution in [0.2, 0.25) is 0 Å². The maximum absolute atomic E-state index is 12.6. The first kappa shape index (κ1) is 17.4. The van der Waals surface area contributed by atoms with Gasteiger partial charge in [0.2, 0.25) is 11.8 Å². The summed E-state index contributed by atoms with van der Waals surface area (Å²) in [6, 6.07) is 10.3. The zero-order valence-electron chi connectivity index (χ0n) is 13.2. The standard InChI is InChI=1S/C17H19N3O4/c1-10(17(23)24)20(16(22)14(18)9-15(19)21)13-7-6-11-4-2-3-5-12(11)8-13/h2-8,10,14H,9,18H2,1H3,(H2,19,21)(H,23,24)/t10-,14-/m0/s1. The molecule has 0 heterocycles. The van der Waals surface area contributed by atoms with Crippen LogP contribution in [-0.4, -0.2) is 35.0 Å². The van der Waals surface area contributed by atoms with Crippen LogP contribution in [0.5, 0.6) is 0 Å². The number of carboxylic acids is 1. The smallest absolute Gasteiger partial charge is 0.326 e. The molecule has 0 saturated carbocycles. The SMILES string of the molecule is C[C@@H](C(=O)O)N(C(=O)[C@@H](N)CC(N)=O)c1ccc2ccccc2c1. The summed E-state index contributed by atoms with van der Waals surface area (Å²) >= 11 is 0. The molecule has 7 heteroatoms. The van der Waals surface area contributed by atoms with Crippen molar-refractivity contribution in [2.45, 2.75) is 25.4 Å². The van der Waals surface area contributed by atoms with E-state index in [0.29, 0.717) is 5.69 Å². The maximum Gasteiger partial charge on any atom is 0.326 e. The number of hydrogen-bond donors (Lipinski definition) is 3. The Bertz CT molecular complexity index is 790. The van der Waals surface area contributed by atoms with Crippen LogP contribution in [0.15, 0.2) is 42.5 Å². The number of aliphatic carboxylic acids is 1. The predicted molar refractivity (Wildman–Crippen MR) is 90.3 cm³/mol. The van der Waals surface area contributed by atoms with Gasteiger partial charge in [-0.15, -0.1) is 0 Å². The molecule has 2 atom stereocenters. The third-order valence-corrected chi connectivity index (χ3v) is 3.73. The first-order valence-electron chi connectivity index (χ1n) is 7.40. The summed E-state index contributed by atoms with van der Waals surface area (Å²) < 4.78 is 0. The van der Waals surface area contributed by atoms with Crippen molar-refractivity contribution in [1.29, 1.82) is 0 Å². The summed E-state index contributed by atoms with van der Waals surface area (Å²) in [6.45, 7) is 1.38. The Kier molecular flexibility index (Phi) is 5.15. The van der Waals surface area contributed by atoms with Crippen LogP contribution in [-0.2, 0) is 14.4 Å². The molecule has 2 rings (SSSR count). The van der Waals surface area contributed by atoms with Gasteiger partial charge in [-0.05, 0) is 29.8 Å². The van der Waals surface area contributed by atoms with Gasteiger partial charge in [-0.2, -0.15) is 0 Å². The fourth-order valence-electron chi connectivity index (χ4n) is 2.46. The van der Waals surface area contributed by atoms with E-state index in [0.717, 1.165) is 15.7 Å². The predicted octanol–water partition coefficient (Wildman–Crippen LogP) is 0.849. The molecule has 0 bridgehead atoms. The van der Waals surface area contributed by atoms with Crippen LogP contribution < -0.4 is 16.4 Å². The summed E-state index contributed by atoms with van der Waals surface area (Å²) in [5.74, 6) is -2.57. The van der Waals surface area contributed by atoms with Crippen molar-refractivity contribution in [3.63, 3.8) is 0 Å². The van der Waals surface area contributed by atoms with Crippen LogP contribution in [0.4, 0.5) is 5.69 Å². The van der Waals surface area contributed by atoms with Crippen LogP contribution in [0.1, 0.15) is 13.3 Å². The summed E-state index contributed by atoms with van der Waals surface area (Å²) in [6.07, 6.45) is -0.352. The molecule has 0 saturated heterocycles. The maximum atomic E-state index is 12.6. The van der Waals surface area contributed by atoms with E-state index in [9.17, 15) is 19.5 Å². The van der Waals surface area contributed by atoms with Crippen molar-refractivity contribution in [1.82, 2.24) is 0 Å². The zero-order valence-corrected chi connectivity index (χ0v) is 13.2. The monoisotopic (exact) mass is 329 g/mol. The van der Waals surface area contributed by atoms with E-state index < -0.39 is 29.9 Å². The Labute approximate surface area is 138 Å². The summed E-state index contributed by atoms with van der Waals surface area (Å²) in [5, 5.41) is 11.1. The van der Waals surface area contributed by atoms with E-state index in [2.05, 4.69) is 0 Å². The molecule has 0 unspecified atom stereocenters. The summed E-state index contributed by atoms with van der Waals surface area (Å²) in [5.41, 5.74) is 11.2. The normalized spacial score (nSPS) is 13.2. The van der Waals surface area contributed by atoms with Gasteiger partial charge in [-0.3, -0.25) is 14.5 Å². The summed E-state index contributed by atoms with van der Waals surface area (Å²) in [7, 11) is 0. The molecule has 0 aromatic heterocycles. The van der Waals surface area contributed by atoms with Crippen LogP contribution in [0.25, 0.3) is 10.8 Å². The van der Waals surface area contributed by atoms with Crippen molar-refractivity contribution in [3.8, 4) is 0 Å². The van der Waals surface area contributed by atoms with E-state index in [1.54, 1.807) is 18.2 Å². The van der Waals surface area contributed by atoms with E-state index in [4.69, 9.17) is 11.5 Å². The quantitative estimate of drug-likeness (QED) is 0.724. The van der Waals surface area contributed by atoms with Gasteiger partial charge in [0.1, 0.15) is 6.04 Å². The van der Waals surface area contributed by atoms with Crippen molar-refractivity contribution in [2.24, 2.45) is 11.5 Å². The molecule has 0 spiro atoms. The first-order valence-corrected chi connectivity index (χ1v) is 7.40. The molecule has 126 valence electrons. The zero-order chi connectivity index (χ0) is 17.9. The molecule has 7 nitrogen and oxygen atoms in total. The Hall–Kier alpha value is -2.93. The molecule has 24 heavy (non-hydrogen) atoms. The topological polar surface area (TPSA) is 127 Å². The third-order valence-electron chi connectivity index (χ3n) is 3.73. The second kappa shape index (κ2) is 7.10. The highest BCUT2D eigenvalue weighted by Crippen LogP contribution is 2.24. The Morgan fingerprint density at radius 2 is 1.75 bits per heavy atom. The molecule has 2 amide bonds. The van der Waals surface area contributed by atoms with E-state index >= 15 is 0 Å². The fraction of sp³-hybridized carbons (Fsp3) is 0.235. The lowest BCUT2D eigenvalue weighted by molar-refractivity contribution is -0.139. The molecular formula is C17H19N3O4. The third kappa shape index (κ3) is 3.69. The number of fused-ring (bicyclic) bond motifs is 1. The molecule has 0 radical (unpaired) electrons. The average Bonchev–Trinajstić information content (AvgIpc) is 2.54. The lowest BCUT2D eigenvalue weighted by atomic mass is 10.1. The van der Waals surface area contributed by atoms with Gasteiger partial charge >= 0.3 is 5.97 Å². The van der Waals surface area contributed by atoms with Crippen molar-refractivity contribution < 1.29 is 19.5 Å². The molecule has 0 aliphatic rings. The number of rotatable bonds is 6. The minimum Gasteiger partial charge on any atom is -0.480 e. The average molecular weight is 329 g/mol. The Morgan fingerprint density at radius 3 is 2.33 bits per heavy atom. The Morgan fingerprint density at radius 1 is 1.12 bits per heavy atom. The van der Waals surface area contributed by atoms with Crippen molar-refractivity contribution >= 4 is 34.2 Å². The van der Waals surface area contributed by atoms with Gasteiger partial charge in [0, 0.05) is 5.69 Å². The van der Waals surface area contributed by atoms with Crippen molar-refractivity contribution in [3.05, 3.63) is 42.5 Å². The number of anilines is 1. The largest absolute Gasteiger partial charge is 0.480 e. The second-order valence-electron chi connectivity index (χ2n) is 5.53. The minimum atomic E-state index is -1.20. The molecular weight excluding hydrogens is 310 g/mol. The Balaban J connectivity index is 2.46. The molecule has 2 aromatic carbocycles. The number of nitrogens with two attached hydrogens (primary N) is 2. The van der Waals surface area contributed by atoms with Crippen LogP contribution >= 0.6 is 0 Å². The highest BCUT2D eigenvalue weighted by Gasteiger charge is 2.31. The van der Waals surface area contributed by atoms with Gasteiger partial charge in [-0.1, -0.05) is 30.3 Å². The number of carbonyl (C=O) groups excluding carboxylic acids is 2. The minimum absolute atomic E-state index is 0.352. The van der Waals surface area contributed by atoms with Crippen LogP contribution in [0, 0.1) is 0 Å². The van der Waals surface area contributed by atoms with Crippen LogP contribution in [0.3, 0.4) is 0 Å². The number of carboxylic acid groups (broad SMARTS) is 1. The van der Waals surface area contributed by atoms with E-state index in [-0.39, 0.29) is 6.42 Å². The second-order valence-corrected chi connectivity index (χ2v) is 5.53. The first-order chi connectivity index (χ1) is 11.3. The number of benzene rings is 2. The molecule has 2 aromatic rings. The molecule has 5 N–H and O–H groups in total. The lowest BCUT2D eigenvalue weighted by Gasteiger charge is -2.29. The number of nitrogens with zero attached hydrogens (tertiary/aromatic N) is 1. The van der Waals surface area contributed by atoms with Gasteiger partial charge in [0.05, 0.1) is 12.5 Å². The molecule has 0 aliphatic carbocycles. The fourth-order valence-corrected chi connectivity index (χ4v) is 2.46. The molecule has 0 aliphatic heterocycles. The van der Waals surface area contributed by atoms with E-state index in [1.807, 2.05) is 24.3 Å². The number of amides is 2. The van der Waals surface area contributed by atoms with Crippen molar-refractivity contribution in [2.75, 3.05) is 4.90 Å². The number of carbonyl (C=O) groups is 3. The highest BCUT2D eigenvalue weighted by atomic mass is 16.4. The number of hydrogen-bond acceptors (Lipinski definition) is 4. The molecule has 0 fully saturated rings. The summed E-state index contributed by atoms with van der Waals surface area (Å²) in [4.78, 5) is 36.1. The number of primary amides is 1. The van der Waals surface area contributed by atoms with Gasteiger partial charge in [0.15, 0.2) is 0 Å². The van der Waals surface area contributed by atoms with Gasteiger partial charge in [-0.25, -0.2) is 4.79 Å². The van der Waals surface area contributed by atoms with E-state index in [1.165, 1.54) is 6.92 Å². The van der Waals surface area contributed by atoms with Gasteiger partial charge < -0.3 is 16.6 Å². The highest BCUT2D eigenvalue weighted by molar-refractivity contribution is 6.04. The van der Waals surface area contributed by atoms with Gasteiger partial charge in [0.25, 0.3) is 0 Å².